The largest absolute Gasteiger partial charge is 0.497 e. The summed E-state index contributed by atoms with van der Waals surface area (Å²) in [5.41, 5.74) is 8.28. The Balaban J connectivity index is 1.98. The number of hydrogen-bond donors (Lipinski definition) is 2. The highest BCUT2D eigenvalue weighted by atomic mass is 16.5. The van der Waals surface area contributed by atoms with E-state index in [1.165, 1.54) is 0 Å². The molecule has 5 heteroatoms. The Morgan fingerprint density at radius 2 is 2.05 bits per heavy atom. The van der Waals surface area contributed by atoms with Gasteiger partial charge in [-0.15, -0.1) is 0 Å². The van der Waals surface area contributed by atoms with Gasteiger partial charge in [-0.3, -0.25) is 0 Å². The average molecular weight is 280 g/mol. The molecule has 2 aromatic carbocycles. The van der Waals surface area contributed by atoms with Crippen LogP contribution in [0, 0.1) is 11.3 Å². The van der Waals surface area contributed by atoms with Crippen molar-refractivity contribution >= 4 is 11.6 Å². The van der Waals surface area contributed by atoms with Crippen molar-refractivity contribution in [1.29, 1.82) is 5.26 Å². The average Bonchev–Trinajstić information content (AvgIpc) is 2.53. The van der Waals surface area contributed by atoms with Crippen LogP contribution in [0.1, 0.15) is 11.1 Å². The van der Waals surface area contributed by atoms with E-state index in [1.54, 1.807) is 19.2 Å². The summed E-state index contributed by atoms with van der Waals surface area (Å²) in [6, 6.07) is 16.8. The van der Waals surface area contributed by atoms with E-state index in [0.29, 0.717) is 18.1 Å². The number of methoxy groups -OCH3 is 1. The van der Waals surface area contributed by atoms with E-state index >= 15 is 0 Å². The van der Waals surface area contributed by atoms with Crippen molar-refractivity contribution in [3.63, 3.8) is 0 Å². The highest BCUT2D eigenvalue weighted by Crippen LogP contribution is 2.16. The number of rotatable bonds is 4. The zero-order chi connectivity index (χ0) is 15.1. The molecule has 3 N–H and O–H groups in total. The van der Waals surface area contributed by atoms with Gasteiger partial charge in [-0.25, -0.2) is 4.99 Å². The predicted octanol–water partition coefficient (Wildman–Crippen LogP) is 2.49. The first-order chi connectivity index (χ1) is 10.2. The molecule has 0 saturated carbocycles. The van der Waals surface area contributed by atoms with Crippen molar-refractivity contribution in [3.8, 4) is 11.8 Å². The van der Waals surface area contributed by atoms with Crippen molar-refractivity contribution in [1.82, 2.24) is 0 Å². The van der Waals surface area contributed by atoms with Crippen LogP contribution in [0.3, 0.4) is 0 Å². The second-order valence-corrected chi connectivity index (χ2v) is 4.37. The van der Waals surface area contributed by atoms with E-state index in [1.807, 2.05) is 36.4 Å². The highest BCUT2D eigenvalue weighted by molar-refractivity contribution is 5.92. The molecule has 0 amide bonds. The number of ether oxygens (including phenoxy) is 1. The molecule has 0 heterocycles. The Morgan fingerprint density at radius 1 is 1.29 bits per heavy atom. The van der Waals surface area contributed by atoms with E-state index < -0.39 is 0 Å². The molecule has 0 saturated heterocycles. The minimum atomic E-state index is 0.326. The lowest BCUT2D eigenvalue weighted by Gasteiger charge is -2.07. The Morgan fingerprint density at radius 3 is 2.71 bits per heavy atom. The van der Waals surface area contributed by atoms with Gasteiger partial charge in [0.1, 0.15) is 5.75 Å². The van der Waals surface area contributed by atoms with Crippen molar-refractivity contribution < 1.29 is 4.74 Å². The van der Waals surface area contributed by atoms with Crippen LogP contribution in [0.5, 0.6) is 5.75 Å². The molecule has 0 aliphatic heterocycles. The van der Waals surface area contributed by atoms with E-state index in [2.05, 4.69) is 16.4 Å². The number of nitrogens with zero attached hydrogens (tertiary/aromatic N) is 2. The third-order valence-corrected chi connectivity index (χ3v) is 2.86. The fourth-order valence-corrected chi connectivity index (χ4v) is 1.75. The van der Waals surface area contributed by atoms with Gasteiger partial charge < -0.3 is 15.8 Å². The van der Waals surface area contributed by atoms with Crippen LogP contribution in [-0.2, 0) is 6.54 Å². The number of benzene rings is 2. The van der Waals surface area contributed by atoms with E-state index in [-0.39, 0.29) is 0 Å². The smallest absolute Gasteiger partial charge is 0.193 e. The second kappa shape index (κ2) is 6.96. The van der Waals surface area contributed by atoms with E-state index in [0.717, 1.165) is 17.0 Å². The van der Waals surface area contributed by atoms with Gasteiger partial charge in [0.05, 0.1) is 25.3 Å². The van der Waals surface area contributed by atoms with Crippen molar-refractivity contribution in [2.24, 2.45) is 10.7 Å². The van der Waals surface area contributed by atoms with Crippen LogP contribution in [0.2, 0.25) is 0 Å². The summed E-state index contributed by atoms with van der Waals surface area (Å²) in [6.45, 7) is 0.453. The molecule has 0 fully saturated rings. The molecule has 0 radical (unpaired) electrons. The topological polar surface area (TPSA) is 83.4 Å². The third kappa shape index (κ3) is 4.25. The number of nitriles is 1. The Bertz CT molecular complexity index is 671. The zero-order valence-corrected chi connectivity index (χ0v) is 11.7. The molecule has 2 rings (SSSR count). The summed E-state index contributed by atoms with van der Waals surface area (Å²) >= 11 is 0. The molecule has 2 aromatic rings. The van der Waals surface area contributed by atoms with Gasteiger partial charge in [0.15, 0.2) is 5.96 Å². The molecule has 0 aromatic heterocycles. The minimum absolute atomic E-state index is 0.326. The maximum atomic E-state index is 8.74. The summed E-state index contributed by atoms with van der Waals surface area (Å²) in [5.74, 6) is 1.08. The van der Waals surface area contributed by atoms with Gasteiger partial charge in [0.25, 0.3) is 0 Å². The van der Waals surface area contributed by atoms with Crippen LogP contribution >= 0.6 is 0 Å². The lowest BCUT2D eigenvalue weighted by molar-refractivity contribution is 0.415. The number of guanidine groups is 1. The normalized spacial score (nSPS) is 10.8. The van der Waals surface area contributed by atoms with Gasteiger partial charge >= 0.3 is 0 Å². The van der Waals surface area contributed by atoms with Gasteiger partial charge in [0, 0.05) is 11.8 Å². The second-order valence-electron chi connectivity index (χ2n) is 4.37. The molecular formula is C16H16N4O. The van der Waals surface area contributed by atoms with Crippen LogP contribution < -0.4 is 15.8 Å². The summed E-state index contributed by atoms with van der Waals surface area (Å²) < 4.78 is 5.14. The summed E-state index contributed by atoms with van der Waals surface area (Å²) in [5, 5.41) is 11.7. The SMILES string of the molecule is COc1cccc(NC(N)=NCc2ccc(C#N)cc2)c1. The minimum Gasteiger partial charge on any atom is -0.497 e. The first-order valence-electron chi connectivity index (χ1n) is 6.41. The molecule has 0 unspecified atom stereocenters. The standard InChI is InChI=1S/C16H16N4O/c1-21-15-4-2-3-14(9-15)20-16(18)19-11-13-7-5-12(10-17)6-8-13/h2-9H,11H2,1H3,(H3,18,19,20). The van der Waals surface area contributed by atoms with Gasteiger partial charge in [0.2, 0.25) is 0 Å². The zero-order valence-electron chi connectivity index (χ0n) is 11.7. The number of anilines is 1. The Hall–Kier alpha value is -3.00. The van der Waals surface area contributed by atoms with Crippen molar-refractivity contribution in [2.45, 2.75) is 6.54 Å². The Kier molecular flexibility index (Phi) is 4.78. The molecule has 106 valence electrons. The molecular weight excluding hydrogens is 264 g/mol. The third-order valence-electron chi connectivity index (χ3n) is 2.86. The van der Waals surface area contributed by atoms with E-state index in [9.17, 15) is 0 Å². The molecule has 0 spiro atoms. The maximum Gasteiger partial charge on any atom is 0.193 e. The molecule has 21 heavy (non-hydrogen) atoms. The molecule has 0 bridgehead atoms. The number of hydrogen-bond acceptors (Lipinski definition) is 3. The predicted molar refractivity (Wildman–Crippen MR) is 83.1 cm³/mol. The van der Waals surface area contributed by atoms with Crippen LogP contribution in [0.4, 0.5) is 5.69 Å². The quantitative estimate of drug-likeness (QED) is 0.665. The number of nitrogens with one attached hydrogen (secondary N) is 1. The Labute approximate surface area is 123 Å². The summed E-state index contributed by atoms with van der Waals surface area (Å²) in [6.07, 6.45) is 0. The molecule has 0 aliphatic rings. The van der Waals surface area contributed by atoms with Crippen molar-refractivity contribution in [2.75, 3.05) is 12.4 Å². The van der Waals surface area contributed by atoms with Gasteiger partial charge in [-0.05, 0) is 29.8 Å². The van der Waals surface area contributed by atoms with Crippen LogP contribution in [0.15, 0.2) is 53.5 Å². The van der Waals surface area contributed by atoms with Crippen molar-refractivity contribution in [3.05, 3.63) is 59.7 Å². The fraction of sp³-hybridized carbons (Fsp3) is 0.125. The lowest BCUT2D eigenvalue weighted by Crippen LogP contribution is -2.22. The fourth-order valence-electron chi connectivity index (χ4n) is 1.75. The van der Waals surface area contributed by atoms with Gasteiger partial charge in [-0.2, -0.15) is 5.26 Å². The first-order valence-corrected chi connectivity index (χ1v) is 6.41. The van der Waals surface area contributed by atoms with E-state index in [4.69, 9.17) is 15.7 Å². The monoisotopic (exact) mass is 280 g/mol. The molecule has 0 aliphatic carbocycles. The highest BCUT2D eigenvalue weighted by Gasteiger charge is 1.98. The van der Waals surface area contributed by atoms with Crippen LogP contribution in [0.25, 0.3) is 0 Å². The first kappa shape index (κ1) is 14.4. The maximum absolute atomic E-state index is 8.74. The van der Waals surface area contributed by atoms with Gasteiger partial charge in [-0.1, -0.05) is 18.2 Å². The van der Waals surface area contributed by atoms with Crippen LogP contribution in [-0.4, -0.2) is 13.1 Å². The summed E-state index contributed by atoms with van der Waals surface area (Å²) in [7, 11) is 1.61. The molecule has 5 nitrogen and oxygen atoms in total. The lowest BCUT2D eigenvalue weighted by atomic mass is 10.1. The number of nitrogens with two attached hydrogens (primary N) is 1. The number of aliphatic imine (C=N–C) groups is 1. The summed E-state index contributed by atoms with van der Waals surface area (Å²) in [4.78, 5) is 4.26. The molecule has 0 atom stereocenters.